The molecule has 0 aliphatic carbocycles. The van der Waals surface area contributed by atoms with Crippen LogP contribution in [0.25, 0.3) is 33.5 Å². The van der Waals surface area contributed by atoms with E-state index < -0.39 is 0 Å². The Kier molecular flexibility index (Phi) is 4.94. The van der Waals surface area contributed by atoms with Gasteiger partial charge < -0.3 is 4.74 Å². The predicted molar refractivity (Wildman–Crippen MR) is 130 cm³/mol. The zero-order valence-corrected chi connectivity index (χ0v) is 18.0. The maximum atomic E-state index is 6.36. The van der Waals surface area contributed by atoms with Gasteiger partial charge in [-0.3, -0.25) is 0 Å². The lowest BCUT2D eigenvalue weighted by molar-refractivity contribution is 0.109. The molecule has 2 aromatic carbocycles. The Morgan fingerprint density at radius 1 is 0.515 bits per heavy atom. The summed E-state index contributed by atoms with van der Waals surface area (Å²) in [5.74, 6) is 0. The van der Waals surface area contributed by atoms with Gasteiger partial charge in [0.05, 0.1) is 35.6 Å². The molecule has 0 amide bonds. The Balaban J connectivity index is 1.36. The van der Waals surface area contributed by atoms with Crippen molar-refractivity contribution < 1.29 is 4.74 Å². The molecule has 0 radical (unpaired) electrons. The molecule has 0 saturated heterocycles. The van der Waals surface area contributed by atoms with E-state index in [1.807, 2.05) is 82.1 Å². The minimum absolute atomic E-state index is 0.455. The largest absolute Gasteiger partial charge is 0.372 e. The molecule has 0 bridgehead atoms. The number of fused-ring (bicyclic) bond motifs is 2. The third-order valence-electron chi connectivity index (χ3n) is 5.87. The molecule has 6 aromatic rings. The van der Waals surface area contributed by atoms with Crippen LogP contribution in [-0.2, 0) is 18.0 Å². The maximum Gasteiger partial charge on any atom is 0.0989 e. The summed E-state index contributed by atoms with van der Waals surface area (Å²) in [5, 5.41) is 9.67. The van der Waals surface area contributed by atoms with Gasteiger partial charge in [0.25, 0.3) is 0 Å². The van der Waals surface area contributed by atoms with Crippen LogP contribution in [0.2, 0.25) is 0 Å². The third kappa shape index (κ3) is 3.58. The molecular weight excluding hydrogens is 408 g/mol. The fourth-order valence-electron chi connectivity index (χ4n) is 4.30. The fourth-order valence-corrected chi connectivity index (χ4v) is 4.30. The smallest absolute Gasteiger partial charge is 0.0989 e. The normalized spacial score (nSPS) is 11.4. The first-order valence-electron chi connectivity index (χ1n) is 11.0. The average molecular weight is 431 g/mol. The Bertz CT molecular complexity index is 1420. The Labute approximate surface area is 191 Å². The Hall–Kier alpha value is -4.22. The first kappa shape index (κ1) is 19.5. The van der Waals surface area contributed by atoms with Crippen molar-refractivity contribution in [3.05, 3.63) is 121 Å². The van der Waals surface area contributed by atoms with Crippen molar-refractivity contribution in [3.8, 4) is 22.5 Å². The standard InChI is InChI=1S/C28H22N4O/c1-3-11-21(12-4-1)27-23(25-15-7-9-17-31(25)29-27)19-33-20-24-26-16-8-10-18-32(26)30-28(24)22-13-5-2-6-14-22/h1-18H,19-20H2. The van der Waals surface area contributed by atoms with E-state index in [1.165, 1.54) is 0 Å². The summed E-state index contributed by atoms with van der Waals surface area (Å²) in [5.41, 5.74) is 8.34. The number of pyridine rings is 2. The molecule has 0 saturated carbocycles. The fraction of sp³-hybridized carbons (Fsp3) is 0.0714. The lowest BCUT2D eigenvalue weighted by Crippen LogP contribution is -1.97. The molecule has 5 heteroatoms. The number of benzene rings is 2. The van der Waals surface area contributed by atoms with Gasteiger partial charge in [0.2, 0.25) is 0 Å². The van der Waals surface area contributed by atoms with E-state index in [-0.39, 0.29) is 0 Å². The van der Waals surface area contributed by atoms with Gasteiger partial charge in [0, 0.05) is 34.6 Å². The number of rotatable bonds is 6. The lowest BCUT2D eigenvalue weighted by Gasteiger charge is -2.07. The summed E-state index contributed by atoms with van der Waals surface area (Å²) < 4.78 is 10.2. The van der Waals surface area contributed by atoms with E-state index >= 15 is 0 Å². The van der Waals surface area contributed by atoms with Gasteiger partial charge in [-0.15, -0.1) is 0 Å². The van der Waals surface area contributed by atoms with Gasteiger partial charge in [-0.1, -0.05) is 72.8 Å². The van der Waals surface area contributed by atoms with E-state index in [0.717, 1.165) is 44.7 Å². The van der Waals surface area contributed by atoms with Gasteiger partial charge in [0.15, 0.2) is 0 Å². The second-order valence-electron chi connectivity index (χ2n) is 7.94. The molecule has 0 aliphatic rings. The zero-order chi connectivity index (χ0) is 22.0. The molecule has 0 atom stereocenters. The monoisotopic (exact) mass is 430 g/mol. The van der Waals surface area contributed by atoms with Gasteiger partial charge >= 0.3 is 0 Å². The number of hydrogen-bond acceptors (Lipinski definition) is 3. The van der Waals surface area contributed by atoms with Crippen molar-refractivity contribution >= 4 is 11.0 Å². The number of nitrogens with zero attached hydrogens (tertiary/aromatic N) is 4. The molecule has 160 valence electrons. The van der Waals surface area contributed by atoms with Crippen LogP contribution in [0.1, 0.15) is 11.1 Å². The van der Waals surface area contributed by atoms with Crippen LogP contribution in [0.15, 0.2) is 109 Å². The van der Waals surface area contributed by atoms with Crippen LogP contribution in [0.3, 0.4) is 0 Å². The highest BCUT2D eigenvalue weighted by molar-refractivity contribution is 5.73. The summed E-state index contributed by atoms with van der Waals surface area (Å²) in [6.07, 6.45) is 3.95. The summed E-state index contributed by atoms with van der Waals surface area (Å²) in [6, 6.07) is 32.8. The topological polar surface area (TPSA) is 43.8 Å². The summed E-state index contributed by atoms with van der Waals surface area (Å²) in [7, 11) is 0. The van der Waals surface area contributed by atoms with Crippen LogP contribution < -0.4 is 0 Å². The minimum atomic E-state index is 0.455. The van der Waals surface area contributed by atoms with Crippen LogP contribution in [0.4, 0.5) is 0 Å². The van der Waals surface area contributed by atoms with Gasteiger partial charge in [-0.05, 0) is 24.3 Å². The van der Waals surface area contributed by atoms with Crippen molar-refractivity contribution in [3.63, 3.8) is 0 Å². The van der Waals surface area contributed by atoms with E-state index in [4.69, 9.17) is 14.9 Å². The molecule has 0 spiro atoms. The highest BCUT2D eigenvalue weighted by Gasteiger charge is 2.17. The molecule has 0 fully saturated rings. The molecule has 4 heterocycles. The number of aromatic nitrogens is 4. The average Bonchev–Trinajstić information content (AvgIpc) is 3.44. The molecule has 4 aromatic heterocycles. The number of hydrogen-bond donors (Lipinski definition) is 0. The number of ether oxygens (including phenoxy) is 1. The van der Waals surface area contributed by atoms with Crippen molar-refractivity contribution in [2.75, 3.05) is 0 Å². The quantitative estimate of drug-likeness (QED) is 0.324. The van der Waals surface area contributed by atoms with Gasteiger partial charge in [-0.2, -0.15) is 10.2 Å². The van der Waals surface area contributed by atoms with Crippen LogP contribution in [0.5, 0.6) is 0 Å². The highest BCUT2D eigenvalue weighted by atomic mass is 16.5. The molecule has 6 rings (SSSR count). The summed E-state index contributed by atoms with van der Waals surface area (Å²) in [4.78, 5) is 0. The first-order chi connectivity index (χ1) is 16.4. The summed E-state index contributed by atoms with van der Waals surface area (Å²) in [6.45, 7) is 0.909. The van der Waals surface area contributed by atoms with E-state index in [2.05, 4.69) is 36.4 Å². The Morgan fingerprint density at radius 2 is 0.939 bits per heavy atom. The second kappa shape index (κ2) is 8.37. The maximum absolute atomic E-state index is 6.36. The summed E-state index contributed by atoms with van der Waals surface area (Å²) >= 11 is 0. The van der Waals surface area contributed by atoms with E-state index in [1.54, 1.807) is 0 Å². The second-order valence-corrected chi connectivity index (χ2v) is 7.94. The van der Waals surface area contributed by atoms with Crippen molar-refractivity contribution in [2.45, 2.75) is 13.2 Å². The molecule has 0 unspecified atom stereocenters. The molecular formula is C28H22N4O. The first-order valence-corrected chi connectivity index (χ1v) is 11.0. The van der Waals surface area contributed by atoms with Gasteiger partial charge in [-0.25, -0.2) is 9.03 Å². The molecule has 33 heavy (non-hydrogen) atoms. The zero-order valence-electron chi connectivity index (χ0n) is 18.0. The van der Waals surface area contributed by atoms with Crippen molar-refractivity contribution in [2.24, 2.45) is 0 Å². The molecule has 0 N–H and O–H groups in total. The van der Waals surface area contributed by atoms with E-state index in [9.17, 15) is 0 Å². The predicted octanol–water partition coefficient (Wildman–Crippen LogP) is 6.03. The van der Waals surface area contributed by atoms with Crippen molar-refractivity contribution in [1.29, 1.82) is 0 Å². The van der Waals surface area contributed by atoms with Crippen LogP contribution >= 0.6 is 0 Å². The SMILES string of the molecule is c1ccc(-c2nn3ccccc3c2COCc2c(-c3ccccc3)nn3ccccc23)cc1. The minimum Gasteiger partial charge on any atom is -0.372 e. The van der Waals surface area contributed by atoms with Crippen LogP contribution in [-0.4, -0.2) is 19.2 Å². The molecule has 0 aliphatic heterocycles. The molecule has 5 nitrogen and oxygen atoms in total. The van der Waals surface area contributed by atoms with E-state index in [0.29, 0.717) is 13.2 Å². The Morgan fingerprint density at radius 3 is 1.39 bits per heavy atom. The van der Waals surface area contributed by atoms with Gasteiger partial charge in [0.1, 0.15) is 0 Å². The lowest BCUT2D eigenvalue weighted by atomic mass is 10.1. The van der Waals surface area contributed by atoms with Crippen molar-refractivity contribution in [1.82, 2.24) is 19.2 Å². The van der Waals surface area contributed by atoms with Crippen LogP contribution in [0, 0.1) is 0 Å². The highest BCUT2D eigenvalue weighted by Crippen LogP contribution is 2.29. The third-order valence-corrected chi connectivity index (χ3v) is 5.87.